The minimum atomic E-state index is -3.80. The van der Waals surface area contributed by atoms with E-state index in [9.17, 15) is 8.42 Å². The molecule has 0 spiro atoms. The molecule has 0 unspecified atom stereocenters. The third kappa shape index (κ3) is 25.2. The van der Waals surface area contributed by atoms with E-state index in [1.165, 1.54) is 44.9 Å². The summed E-state index contributed by atoms with van der Waals surface area (Å²) in [7, 11) is -3.80. The van der Waals surface area contributed by atoms with Crippen LogP contribution in [0.1, 0.15) is 58.3 Å². The molecule has 0 radical (unpaired) electrons. The molecule has 0 aromatic heterocycles. The van der Waals surface area contributed by atoms with E-state index in [2.05, 4.69) is 12.2 Å². The van der Waals surface area contributed by atoms with Crippen LogP contribution >= 0.6 is 0 Å². The fourth-order valence-electron chi connectivity index (χ4n) is 1.71. The molecule has 0 amide bonds. The van der Waals surface area contributed by atoms with E-state index in [1.54, 1.807) is 0 Å². The Morgan fingerprint density at radius 1 is 0.842 bits per heavy atom. The zero-order chi connectivity index (χ0) is 13.0. The van der Waals surface area contributed by atoms with Crippen LogP contribution in [0.25, 0.3) is 0 Å². The van der Waals surface area contributed by atoms with E-state index in [-0.39, 0.29) is 64.9 Å². The molecule has 0 fully saturated rings. The molecule has 108 valence electrons. The van der Waals surface area contributed by atoms with Crippen molar-refractivity contribution in [2.75, 3.05) is 18.8 Å². The molecular weight excluding hydrogens is 284 g/mol. The summed E-state index contributed by atoms with van der Waals surface area (Å²) in [6, 6.07) is 0. The fraction of sp³-hybridized carbons (Fsp3) is 1.00. The average molecular weight is 313 g/mol. The topological polar surface area (TPSA) is 66.4 Å². The van der Waals surface area contributed by atoms with Crippen molar-refractivity contribution in [2.45, 2.75) is 58.3 Å². The number of hydrogen-bond acceptors (Lipinski definition) is 3. The maximum absolute atomic E-state index is 10.4. The van der Waals surface area contributed by atoms with Gasteiger partial charge in [0.1, 0.15) is 0 Å². The Hall–Kier alpha value is 1.87. The van der Waals surface area contributed by atoms with Gasteiger partial charge in [0.15, 0.2) is 0 Å². The SMILES string of the molecule is CCCCCCCCCCNCCS(=O)(=O)O.[NaH].[NaH]. The van der Waals surface area contributed by atoms with Crippen LogP contribution in [-0.2, 0) is 10.1 Å². The van der Waals surface area contributed by atoms with Crippen LogP contribution < -0.4 is 5.32 Å². The molecule has 0 aliphatic carbocycles. The quantitative estimate of drug-likeness (QED) is 0.324. The average Bonchev–Trinajstić information content (AvgIpc) is 2.24. The molecule has 0 saturated carbocycles. The van der Waals surface area contributed by atoms with Gasteiger partial charge in [-0.3, -0.25) is 4.55 Å². The van der Waals surface area contributed by atoms with Crippen LogP contribution in [0.4, 0.5) is 0 Å². The van der Waals surface area contributed by atoms with Crippen molar-refractivity contribution in [2.24, 2.45) is 0 Å². The summed E-state index contributed by atoms with van der Waals surface area (Å²) in [6.45, 7) is 3.40. The van der Waals surface area contributed by atoms with Gasteiger partial charge >= 0.3 is 59.1 Å². The van der Waals surface area contributed by atoms with Crippen LogP contribution in [0.2, 0.25) is 0 Å². The van der Waals surface area contributed by atoms with Crippen molar-refractivity contribution in [1.82, 2.24) is 5.32 Å². The van der Waals surface area contributed by atoms with Crippen LogP contribution in [0.3, 0.4) is 0 Å². The van der Waals surface area contributed by atoms with E-state index in [0.29, 0.717) is 6.54 Å². The van der Waals surface area contributed by atoms with Crippen molar-refractivity contribution in [3.63, 3.8) is 0 Å². The van der Waals surface area contributed by atoms with Crippen molar-refractivity contribution >= 4 is 69.2 Å². The summed E-state index contributed by atoms with van der Waals surface area (Å²) in [5.74, 6) is -0.190. The molecular formula is C12H29NNa2O3S. The Bertz CT molecular complexity index is 262. The maximum atomic E-state index is 10.4. The van der Waals surface area contributed by atoms with Gasteiger partial charge in [-0.25, -0.2) is 0 Å². The van der Waals surface area contributed by atoms with Gasteiger partial charge in [0, 0.05) is 6.54 Å². The zero-order valence-electron chi connectivity index (χ0n) is 11.0. The molecule has 4 nitrogen and oxygen atoms in total. The van der Waals surface area contributed by atoms with Gasteiger partial charge in [-0.1, -0.05) is 51.9 Å². The summed E-state index contributed by atoms with van der Waals surface area (Å²) in [6.07, 6.45) is 10.2. The Labute approximate surface area is 163 Å². The number of hydrogen-bond donors (Lipinski definition) is 2. The molecule has 0 aromatic carbocycles. The molecule has 0 rings (SSSR count). The Morgan fingerprint density at radius 3 is 1.79 bits per heavy atom. The van der Waals surface area contributed by atoms with Gasteiger partial charge in [-0.05, 0) is 13.0 Å². The molecule has 7 heteroatoms. The standard InChI is InChI=1S/C12H27NO3S.2Na.2H/c1-2-3-4-5-6-7-8-9-10-13-11-12-17(14,15)16;;;;/h13H,2-12H2,1H3,(H,14,15,16);;;;. The van der Waals surface area contributed by atoms with Crippen LogP contribution in [0.15, 0.2) is 0 Å². The first kappa shape index (κ1) is 25.8. The first-order valence-electron chi connectivity index (χ1n) is 6.72. The first-order chi connectivity index (χ1) is 8.06. The van der Waals surface area contributed by atoms with E-state index < -0.39 is 10.1 Å². The second-order valence-electron chi connectivity index (χ2n) is 4.51. The van der Waals surface area contributed by atoms with Gasteiger partial charge in [0.05, 0.1) is 5.75 Å². The van der Waals surface area contributed by atoms with E-state index in [4.69, 9.17) is 4.55 Å². The third-order valence-electron chi connectivity index (χ3n) is 2.74. The first-order valence-corrected chi connectivity index (χ1v) is 8.33. The van der Waals surface area contributed by atoms with Crippen molar-refractivity contribution in [3.05, 3.63) is 0 Å². The number of rotatable bonds is 12. The third-order valence-corrected chi connectivity index (χ3v) is 3.46. The molecule has 2 N–H and O–H groups in total. The normalized spacial score (nSPS) is 10.6. The Kier molecular flexibility index (Phi) is 24.3. The fourth-order valence-corrected chi connectivity index (χ4v) is 2.11. The minimum absolute atomic E-state index is 0. The van der Waals surface area contributed by atoms with Crippen molar-refractivity contribution in [3.8, 4) is 0 Å². The van der Waals surface area contributed by atoms with Gasteiger partial charge in [-0.15, -0.1) is 0 Å². The summed E-state index contributed by atoms with van der Waals surface area (Å²) in [5, 5.41) is 3.01. The molecule has 0 bridgehead atoms. The molecule has 0 aromatic rings. The number of unbranched alkanes of at least 4 members (excludes halogenated alkanes) is 7. The van der Waals surface area contributed by atoms with Gasteiger partial charge in [0.2, 0.25) is 0 Å². The monoisotopic (exact) mass is 313 g/mol. The molecule has 19 heavy (non-hydrogen) atoms. The summed E-state index contributed by atoms with van der Waals surface area (Å²) in [4.78, 5) is 0. The van der Waals surface area contributed by atoms with Gasteiger partial charge < -0.3 is 5.32 Å². The second-order valence-corrected chi connectivity index (χ2v) is 6.08. The number of nitrogens with one attached hydrogen (secondary N) is 1. The molecule has 0 saturated heterocycles. The molecule has 0 heterocycles. The Morgan fingerprint density at radius 2 is 1.32 bits per heavy atom. The van der Waals surface area contributed by atoms with Crippen molar-refractivity contribution < 1.29 is 13.0 Å². The van der Waals surface area contributed by atoms with Crippen LogP contribution in [0, 0.1) is 0 Å². The summed E-state index contributed by atoms with van der Waals surface area (Å²) >= 11 is 0. The molecule has 0 aliphatic rings. The van der Waals surface area contributed by atoms with Crippen LogP contribution in [0.5, 0.6) is 0 Å². The predicted molar refractivity (Wildman–Crippen MR) is 86.2 cm³/mol. The van der Waals surface area contributed by atoms with Gasteiger partial charge in [0.25, 0.3) is 10.1 Å². The second kappa shape index (κ2) is 17.9. The Balaban J connectivity index is -0.00000128. The van der Waals surface area contributed by atoms with E-state index in [0.717, 1.165) is 13.0 Å². The summed E-state index contributed by atoms with van der Waals surface area (Å²) in [5.41, 5.74) is 0. The van der Waals surface area contributed by atoms with E-state index >= 15 is 0 Å². The zero-order valence-corrected chi connectivity index (χ0v) is 11.8. The van der Waals surface area contributed by atoms with Crippen LogP contribution in [-0.4, -0.2) is 90.9 Å². The predicted octanol–water partition coefficient (Wildman–Crippen LogP) is 1.31. The summed E-state index contributed by atoms with van der Waals surface area (Å²) < 4.78 is 29.3. The van der Waals surface area contributed by atoms with Gasteiger partial charge in [-0.2, -0.15) is 8.42 Å². The van der Waals surface area contributed by atoms with E-state index in [1.807, 2.05) is 0 Å². The van der Waals surface area contributed by atoms with Crippen molar-refractivity contribution in [1.29, 1.82) is 0 Å². The molecule has 0 aliphatic heterocycles. The molecule has 0 atom stereocenters.